The summed E-state index contributed by atoms with van der Waals surface area (Å²) in [6.45, 7) is 3.69. The van der Waals surface area contributed by atoms with Crippen LogP contribution in [-0.2, 0) is 10.2 Å². The highest BCUT2D eigenvalue weighted by Crippen LogP contribution is 2.43. The summed E-state index contributed by atoms with van der Waals surface area (Å²) in [5.74, 6) is 0.849. The van der Waals surface area contributed by atoms with Crippen molar-refractivity contribution < 1.29 is 4.74 Å². The summed E-state index contributed by atoms with van der Waals surface area (Å²) in [6, 6.07) is 11.1. The first-order valence-electron chi connectivity index (χ1n) is 7.72. The second-order valence-electron chi connectivity index (χ2n) is 5.93. The van der Waals surface area contributed by atoms with Crippen LogP contribution >= 0.6 is 24.0 Å². The molecular formula is C17H28IN3O. The third-order valence-electron chi connectivity index (χ3n) is 4.31. The van der Waals surface area contributed by atoms with Gasteiger partial charge in [-0.2, -0.15) is 0 Å². The van der Waals surface area contributed by atoms with E-state index in [4.69, 9.17) is 4.74 Å². The number of ether oxygens (including phenoxy) is 1. The van der Waals surface area contributed by atoms with Gasteiger partial charge in [-0.15, -0.1) is 24.0 Å². The topological polar surface area (TPSA) is 45.7 Å². The fourth-order valence-electron chi connectivity index (χ4n) is 2.94. The molecule has 124 valence electrons. The first-order chi connectivity index (χ1) is 10.2. The summed E-state index contributed by atoms with van der Waals surface area (Å²) in [5, 5.41) is 6.84. The molecule has 1 unspecified atom stereocenters. The highest BCUT2D eigenvalue weighted by Gasteiger charge is 2.38. The predicted octanol–water partition coefficient (Wildman–Crippen LogP) is 2.93. The molecule has 1 aliphatic carbocycles. The van der Waals surface area contributed by atoms with E-state index in [1.54, 1.807) is 7.11 Å². The maximum atomic E-state index is 5.15. The van der Waals surface area contributed by atoms with Crippen LogP contribution in [-0.4, -0.2) is 39.3 Å². The number of hydrogen-bond acceptors (Lipinski definition) is 2. The van der Waals surface area contributed by atoms with Gasteiger partial charge in [0.2, 0.25) is 0 Å². The van der Waals surface area contributed by atoms with Crippen LogP contribution in [0.1, 0.15) is 31.7 Å². The molecule has 4 nitrogen and oxygen atoms in total. The fourth-order valence-corrected chi connectivity index (χ4v) is 2.94. The van der Waals surface area contributed by atoms with Gasteiger partial charge in [-0.3, -0.25) is 4.99 Å². The van der Waals surface area contributed by atoms with Crippen LogP contribution in [0.3, 0.4) is 0 Å². The first kappa shape index (κ1) is 19.2. The van der Waals surface area contributed by atoms with Crippen molar-refractivity contribution in [2.45, 2.75) is 37.6 Å². The van der Waals surface area contributed by atoms with Crippen LogP contribution in [0.25, 0.3) is 0 Å². The number of nitrogens with one attached hydrogen (secondary N) is 2. The molecule has 0 bridgehead atoms. The van der Waals surface area contributed by atoms with E-state index in [0.29, 0.717) is 6.61 Å². The van der Waals surface area contributed by atoms with Crippen molar-refractivity contribution >= 4 is 29.9 Å². The number of hydrogen-bond donors (Lipinski definition) is 2. The van der Waals surface area contributed by atoms with Crippen LogP contribution < -0.4 is 10.6 Å². The number of aliphatic imine (C=N–C) groups is 1. The van der Waals surface area contributed by atoms with Crippen LogP contribution in [0.15, 0.2) is 35.3 Å². The van der Waals surface area contributed by atoms with Gasteiger partial charge in [-0.1, -0.05) is 36.8 Å². The van der Waals surface area contributed by atoms with E-state index in [2.05, 4.69) is 52.9 Å². The van der Waals surface area contributed by atoms with E-state index in [0.717, 1.165) is 12.5 Å². The van der Waals surface area contributed by atoms with Gasteiger partial charge in [0.05, 0.1) is 6.61 Å². The van der Waals surface area contributed by atoms with Crippen LogP contribution in [0, 0.1) is 0 Å². The molecule has 22 heavy (non-hydrogen) atoms. The lowest BCUT2D eigenvalue weighted by molar-refractivity contribution is 0.178. The highest BCUT2D eigenvalue weighted by atomic mass is 127. The smallest absolute Gasteiger partial charge is 0.191 e. The van der Waals surface area contributed by atoms with Crippen molar-refractivity contribution in [3.63, 3.8) is 0 Å². The zero-order valence-electron chi connectivity index (χ0n) is 13.8. The van der Waals surface area contributed by atoms with Crippen molar-refractivity contribution in [3.05, 3.63) is 35.9 Å². The van der Waals surface area contributed by atoms with E-state index in [-0.39, 0.29) is 35.4 Å². The standard InChI is InChI=1S/C17H27N3O.HI/c1-14(12-21-3)20-16(18-2)19-13-17(10-7-11-17)15-8-5-4-6-9-15;/h4-6,8-9,14H,7,10-13H2,1-3H3,(H2,18,19,20);1H. The molecule has 0 radical (unpaired) electrons. The highest BCUT2D eigenvalue weighted by molar-refractivity contribution is 14.0. The predicted molar refractivity (Wildman–Crippen MR) is 103 cm³/mol. The van der Waals surface area contributed by atoms with Crippen molar-refractivity contribution in [1.82, 2.24) is 10.6 Å². The monoisotopic (exact) mass is 417 g/mol. The largest absolute Gasteiger partial charge is 0.383 e. The van der Waals surface area contributed by atoms with Crippen LogP contribution in [0.2, 0.25) is 0 Å². The number of rotatable bonds is 6. The minimum atomic E-state index is 0. The molecule has 1 aliphatic rings. The molecule has 2 rings (SSSR count). The van der Waals surface area contributed by atoms with Gasteiger partial charge < -0.3 is 15.4 Å². The van der Waals surface area contributed by atoms with Gasteiger partial charge in [0, 0.05) is 32.2 Å². The average Bonchev–Trinajstić information content (AvgIpc) is 2.46. The summed E-state index contributed by atoms with van der Waals surface area (Å²) >= 11 is 0. The molecule has 0 aliphatic heterocycles. The average molecular weight is 417 g/mol. The van der Waals surface area contributed by atoms with Gasteiger partial charge in [0.25, 0.3) is 0 Å². The second-order valence-corrected chi connectivity index (χ2v) is 5.93. The SMILES string of the molecule is CN=C(NCC1(c2ccccc2)CCC1)NC(C)COC.I. The van der Waals surface area contributed by atoms with Gasteiger partial charge in [0.15, 0.2) is 5.96 Å². The van der Waals surface area contributed by atoms with Gasteiger partial charge in [-0.25, -0.2) is 0 Å². The van der Waals surface area contributed by atoms with Crippen molar-refractivity contribution in [2.24, 2.45) is 4.99 Å². The first-order valence-corrected chi connectivity index (χ1v) is 7.72. The molecule has 1 aromatic carbocycles. The van der Waals surface area contributed by atoms with Crippen LogP contribution in [0.4, 0.5) is 0 Å². The molecule has 5 heteroatoms. The summed E-state index contributed by atoms with van der Waals surface area (Å²) in [7, 11) is 3.53. The summed E-state index contributed by atoms with van der Waals surface area (Å²) in [6.07, 6.45) is 3.80. The third kappa shape index (κ3) is 4.84. The Morgan fingerprint density at radius 3 is 2.50 bits per heavy atom. The summed E-state index contributed by atoms with van der Waals surface area (Å²) in [5.41, 5.74) is 1.70. The van der Waals surface area contributed by atoms with E-state index in [9.17, 15) is 0 Å². The Morgan fingerprint density at radius 1 is 1.32 bits per heavy atom. The summed E-state index contributed by atoms with van der Waals surface area (Å²) < 4.78 is 5.15. The van der Waals surface area contributed by atoms with E-state index in [1.165, 1.54) is 24.8 Å². The molecule has 0 saturated heterocycles. The van der Waals surface area contributed by atoms with E-state index >= 15 is 0 Å². The normalized spacial score (nSPS) is 17.9. The molecule has 2 N–H and O–H groups in total. The zero-order valence-corrected chi connectivity index (χ0v) is 16.1. The van der Waals surface area contributed by atoms with Gasteiger partial charge >= 0.3 is 0 Å². The molecule has 1 atom stereocenters. The third-order valence-corrected chi connectivity index (χ3v) is 4.31. The molecule has 0 heterocycles. The molecular weight excluding hydrogens is 389 g/mol. The van der Waals surface area contributed by atoms with Gasteiger partial charge in [-0.05, 0) is 25.3 Å². The zero-order chi connectivity index (χ0) is 15.1. The number of benzene rings is 1. The van der Waals surface area contributed by atoms with Crippen molar-refractivity contribution in [1.29, 1.82) is 0 Å². The minimum Gasteiger partial charge on any atom is -0.383 e. The minimum absolute atomic E-state index is 0. The maximum Gasteiger partial charge on any atom is 0.191 e. The fraction of sp³-hybridized carbons (Fsp3) is 0.588. The molecule has 0 amide bonds. The van der Waals surface area contributed by atoms with Gasteiger partial charge in [0.1, 0.15) is 0 Å². The van der Waals surface area contributed by atoms with Crippen molar-refractivity contribution in [2.75, 3.05) is 27.3 Å². The Morgan fingerprint density at radius 2 is 2.00 bits per heavy atom. The Balaban J connectivity index is 0.00000242. The van der Waals surface area contributed by atoms with Crippen LogP contribution in [0.5, 0.6) is 0 Å². The second kappa shape index (κ2) is 9.35. The lowest BCUT2D eigenvalue weighted by Crippen LogP contribution is -2.51. The molecule has 1 aromatic rings. The Labute approximate surface area is 151 Å². The van der Waals surface area contributed by atoms with Crippen molar-refractivity contribution in [3.8, 4) is 0 Å². The molecule has 0 spiro atoms. The number of guanidine groups is 1. The Hall–Kier alpha value is -0.820. The number of methoxy groups -OCH3 is 1. The molecule has 0 aromatic heterocycles. The van der Waals surface area contributed by atoms with E-state index in [1.807, 2.05) is 7.05 Å². The van der Waals surface area contributed by atoms with E-state index < -0.39 is 0 Å². The Kier molecular flexibility index (Phi) is 8.17. The summed E-state index contributed by atoms with van der Waals surface area (Å²) in [4.78, 5) is 4.30. The molecule has 1 saturated carbocycles. The maximum absolute atomic E-state index is 5.15. The quantitative estimate of drug-likeness (QED) is 0.425. The number of nitrogens with zero attached hydrogens (tertiary/aromatic N) is 1. The lowest BCUT2D eigenvalue weighted by Gasteiger charge is -2.43. The Bertz CT molecular complexity index is 460. The lowest BCUT2D eigenvalue weighted by atomic mass is 9.64. The molecule has 1 fully saturated rings. The number of halogens is 1.